The molecule has 0 aromatic carbocycles. The molecule has 5 nitrogen and oxygen atoms in total. The quantitative estimate of drug-likeness (QED) is 0.566. The van der Waals surface area contributed by atoms with Crippen LogP contribution in [0.1, 0.15) is 0 Å². The average molecular weight is 282 g/mol. The van der Waals surface area contributed by atoms with Gasteiger partial charge in [0.1, 0.15) is 4.48 Å². The maximum Gasteiger partial charge on any atom is 0.290 e. The number of aliphatic hydroxyl groups excluding tert-OH is 1. The van der Waals surface area contributed by atoms with Crippen molar-refractivity contribution in [2.75, 3.05) is 26.4 Å². The smallest absolute Gasteiger partial charge is 0.290 e. The molecule has 1 aliphatic rings. The van der Waals surface area contributed by atoms with Gasteiger partial charge in [-0.1, -0.05) is 0 Å². The number of hydrogen-bond acceptors (Lipinski definition) is 4. The summed E-state index contributed by atoms with van der Waals surface area (Å²) in [7, 11) is 0. The third-order valence-corrected chi connectivity index (χ3v) is 2.44. The molecule has 0 fully saturated rings. The van der Waals surface area contributed by atoms with Crippen molar-refractivity contribution in [2.24, 2.45) is 0 Å². The van der Waals surface area contributed by atoms with Crippen LogP contribution >= 0.6 is 15.9 Å². The molecule has 2 amide bonds. The van der Waals surface area contributed by atoms with Gasteiger partial charge in [0, 0.05) is 0 Å². The molecule has 0 atom stereocenters. The van der Waals surface area contributed by atoms with Crippen LogP contribution in [0.4, 0.5) is 4.39 Å². The SMILES string of the molecule is O=C1C(F)=C(Br)C(=O)N1CCOCCO. The number of nitrogens with zero attached hydrogens (tertiary/aromatic N) is 1. The van der Waals surface area contributed by atoms with Crippen molar-refractivity contribution < 1.29 is 23.8 Å². The molecule has 1 aliphatic heterocycles. The highest BCUT2D eigenvalue weighted by Gasteiger charge is 2.37. The Morgan fingerprint density at radius 3 is 2.47 bits per heavy atom. The number of ether oxygens (including phenoxy) is 1. The largest absolute Gasteiger partial charge is 0.394 e. The van der Waals surface area contributed by atoms with Crippen molar-refractivity contribution in [3.63, 3.8) is 0 Å². The second-order valence-electron chi connectivity index (χ2n) is 2.73. The van der Waals surface area contributed by atoms with E-state index in [1.165, 1.54) is 0 Å². The summed E-state index contributed by atoms with van der Waals surface area (Å²) in [6, 6.07) is 0. The van der Waals surface area contributed by atoms with Crippen molar-refractivity contribution in [1.29, 1.82) is 0 Å². The van der Waals surface area contributed by atoms with Gasteiger partial charge in [0.25, 0.3) is 11.8 Å². The zero-order valence-electron chi connectivity index (χ0n) is 7.70. The third kappa shape index (κ3) is 2.61. The number of halogens is 2. The molecule has 0 spiro atoms. The standard InChI is InChI=1S/C8H9BrFNO4/c9-5-6(10)8(14)11(7(5)13)1-3-15-4-2-12/h12H,1-4H2. The summed E-state index contributed by atoms with van der Waals surface area (Å²) in [5.74, 6) is -2.74. The summed E-state index contributed by atoms with van der Waals surface area (Å²) in [5, 5.41) is 8.40. The maximum atomic E-state index is 12.9. The van der Waals surface area contributed by atoms with Gasteiger partial charge < -0.3 is 9.84 Å². The van der Waals surface area contributed by atoms with Gasteiger partial charge in [0.05, 0.1) is 26.4 Å². The Hall–Kier alpha value is -0.790. The van der Waals surface area contributed by atoms with E-state index >= 15 is 0 Å². The number of hydrogen-bond donors (Lipinski definition) is 1. The summed E-state index contributed by atoms with van der Waals surface area (Å²) in [6.45, 7) is 0.0251. The fourth-order valence-electron chi connectivity index (χ4n) is 1.04. The molecule has 0 bridgehead atoms. The minimum Gasteiger partial charge on any atom is -0.394 e. The molecule has 1 heterocycles. The van der Waals surface area contributed by atoms with Crippen LogP contribution in [0.25, 0.3) is 0 Å². The van der Waals surface area contributed by atoms with Crippen LogP contribution in [0.3, 0.4) is 0 Å². The lowest BCUT2D eigenvalue weighted by Gasteiger charge is -2.13. The topological polar surface area (TPSA) is 66.8 Å². The molecule has 15 heavy (non-hydrogen) atoms. The summed E-state index contributed by atoms with van der Waals surface area (Å²) >= 11 is 2.68. The molecule has 0 aromatic rings. The van der Waals surface area contributed by atoms with Gasteiger partial charge in [0.15, 0.2) is 0 Å². The number of amides is 2. The van der Waals surface area contributed by atoms with Crippen LogP contribution in [-0.2, 0) is 14.3 Å². The van der Waals surface area contributed by atoms with E-state index in [-0.39, 0.29) is 30.8 Å². The van der Waals surface area contributed by atoms with E-state index in [0.29, 0.717) is 0 Å². The van der Waals surface area contributed by atoms with E-state index in [4.69, 9.17) is 9.84 Å². The van der Waals surface area contributed by atoms with Crippen LogP contribution in [0.15, 0.2) is 10.3 Å². The number of carbonyl (C=O) groups excluding carboxylic acids is 2. The van der Waals surface area contributed by atoms with Gasteiger partial charge in [-0.3, -0.25) is 14.5 Å². The molecule has 1 N–H and O–H groups in total. The highest BCUT2D eigenvalue weighted by atomic mass is 79.9. The molecule has 0 saturated carbocycles. The lowest BCUT2D eigenvalue weighted by Crippen LogP contribution is -2.34. The third-order valence-electron chi connectivity index (χ3n) is 1.75. The van der Waals surface area contributed by atoms with Gasteiger partial charge in [-0.15, -0.1) is 0 Å². The van der Waals surface area contributed by atoms with Crippen molar-refractivity contribution >= 4 is 27.7 Å². The Balaban J connectivity index is 2.46. The first-order valence-corrected chi connectivity index (χ1v) is 4.99. The van der Waals surface area contributed by atoms with E-state index in [1.54, 1.807) is 0 Å². The average Bonchev–Trinajstić information content (AvgIpc) is 2.41. The van der Waals surface area contributed by atoms with Crippen LogP contribution < -0.4 is 0 Å². The molecule has 0 aliphatic carbocycles. The zero-order valence-corrected chi connectivity index (χ0v) is 9.29. The zero-order chi connectivity index (χ0) is 11.4. The minimum atomic E-state index is -1.08. The van der Waals surface area contributed by atoms with Crippen molar-refractivity contribution in [3.05, 3.63) is 10.3 Å². The molecule has 0 unspecified atom stereocenters. The maximum absolute atomic E-state index is 12.9. The van der Waals surface area contributed by atoms with Crippen molar-refractivity contribution in [2.45, 2.75) is 0 Å². The first-order valence-electron chi connectivity index (χ1n) is 4.19. The predicted octanol–water partition coefficient (Wildman–Crippen LogP) is -0.0599. The van der Waals surface area contributed by atoms with Crippen LogP contribution in [-0.4, -0.2) is 48.2 Å². The van der Waals surface area contributed by atoms with E-state index in [0.717, 1.165) is 4.90 Å². The molecule has 0 saturated heterocycles. The Bertz CT molecular complexity index is 294. The molecule has 0 radical (unpaired) electrons. The van der Waals surface area contributed by atoms with Gasteiger partial charge in [-0.05, 0) is 15.9 Å². The molecular weight excluding hydrogens is 273 g/mol. The van der Waals surface area contributed by atoms with Crippen LogP contribution in [0, 0.1) is 0 Å². The number of rotatable bonds is 5. The normalized spacial score (nSPS) is 16.9. The number of carbonyl (C=O) groups is 2. The summed E-state index contributed by atoms with van der Waals surface area (Å²) in [4.78, 5) is 23.1. The second-order valence-corrected chi connectivity index (χ2v) is 3.52. The fraction of sp³-hybridized carbons (Fsp3) is 0.500. The van der Waals surface area contributed by atoms with Crippen molar-refractivity contribution in [1.82, 2.24) is 4.90 Å². The van der Waals surface area contributed by atoms with E-state index in [1.807, 2.05) is 0 Å². The van der Waals surface area contributed by atoms with E-state index in [2.05, 4.69) is 15.9 Å². The minimum absolute atomic E-state index is 0.0276. The van der Waals surface area contributed by atoms with Gasteiger partial charge >= 0.3 is 0 Å². The summed E-state index contributed by atoms with van der Waals surface area (Å²) in [5.41, 5.74) is 0. The predicted molar refractivity (Wildman–Crippen MR) is 51.7 cm³/mol. The van der Waals surface area contributed by atoms with Gasteiger partial charge in [0.2, 0.25) is 5.83 Å². The molecule has 0 aromatic heterocycles. The Kier molecular flexibility index (Phi) is 4.37. The Morgan fingerprint density at radius 1 is 1.33 bits per heavy atom. The summed E-state index contributed by atoms with van der Waals surface area (Å²) < 4.78 is 17.4. The number of imide groups is 1. The first kappa shape index (κ1) is 12.3. The molecular formula is C8H9BrFNO4. The second kappa shape index (κ2) is 5.34. The van der Waals surface area contributed by atoms with Crippen LogP contribution in [0.5, 0.6) is 0 Å². The van der Waals surface area contributed by atoms with Gasteiger partial charge in [-0.25, -0.2) is 0 Å². The molecule has 7 heteroatoms. The van der Waals surface area contributed by atoms with E-state index in [9.17, 15) is 14.0 Å². The lowest BCUT2D eigenvalue weighted by molar-refractivity contribution is -0.138. The number of aliphatic hydroxyl groups is 1. The van der Waals surface area contributed by atoms with Crippen LogP contribution in [0.2, 0.25) is 0 Å². The Morgan fingerprint density at radius 2 is 2.00 bits per heavy atom. The highest BCUT2D eigenvalue weighted by molar-refractivity contribution is 9.12. The van der Waals surface area contributed by atoms with E-state index < -0.39 is 17.6 Å². The van der Waals surface area contributed by atoms with Crippen molar-refractivity contribution in [3.8, 4) is 0 Å². The van der Waals surface area contributed by atoms with Gasteiger partial charge in [-0.2, -0.15) is 4.39 Å². The fourth-order valence-corrected chi connectivity index (χ4v) is 1.43. The molecule has 1 rings (SSSR count). The first-order chi connectivity index (χ1) is 7.09. The Labute approximate surface area is 93.6 Å². The lowest BCUT2D eigenvalue weighted by atomic mass is 10.5. The highest BCUT2D eigenvalue weighted by Crippen LogP contribution is 2.25. The monoisotopic (exact) mass is 281 g/mol. The summed E-state index contributed by atoms with van der Waals surface area (Å²) in [6.07, 6.45) is 0. The molecule has 84 valence electrons.